The molecule has 1 unspecified atom stereocenters. The standard InChI is InChI=1S/C21H42O4/c1-3-5-6-7-8-9-10-11-12-13-14-15-16-17-18-19-21(25-23)24-20(22)4-2/h20,22H,3-19H2,1-2H3. The molecule has 0 aromatic rings. The highest BCUT2D eigenvalue weighted by Gasteiger charge is 2.18. The molecule has 0 aromatic carbocycles. The van der Waals surface area contributed by atoms with Crippen molar-refractivity contribution in [3.63, 3.8) is 0 Å². The monoisotopic (exact) mass is 358 g/mol. The van der Waals surface area contributed by atoms with Crippen molar-refractivity contribution in [2.45, 2.75) is 129 Å². The number of unbranched alkanes of at least 4 members (excludes halogenated alkanes) is 14. The Bertz CT molecular complexity index is 292. The second kappa shape index (κ2) is 19.6. The van der Waals surface area contributed by atoms with Gasteiger partial charge >= 0.3 is 5.97 Å². The fourth-order valence-corrected chi connectivity index (χ4v) is 3.00. The second-order valence-corrected chi connectivity index (χ2v) is 7.14. The minimum atomic E-state index is -0.930. The second-order valence-electron chi connectivity index (χ2n) is 7.14. The number of aliphatic hydroxyl groups is 1. The maximum absolute atomic E-state index is 10.5. The van der Waals surface area contributed by atoms with Crippen LogP contribution in [-0.2, 0) is 9.31 Å². The lowest BCUT2D eigenvalue weighted by Gasteiger charge is -2.04. The quantitative estimate of drug-likeness (QED) is 0.0899. The van der Waals surface area contributed by atoms with E-state index in [1.807, 2.05) is 0 Å². The molecule has 0 rings (SSSR count). The van der Waals surface area contributed by atoms with Crippen LogP contribution < -0.4 is 5.26 Å². The average molecular weight is 359 g/mol. The summed E-state index contributed by atoms with van der Waals surface area (Å²) in [6.45, 7) is 4.06. The van der Waals surface area contributed by atoms with Gasteiger partial charge in [-0.3, -0.25) is 9.31 Å². The topological polar surface area (TPSA) is 63.8 Å². The Morgan fingerprint density at radius 1 is 0.760 bits per heavy atom. The van der Waals surface area contributed by atoms with Crippen LogP contribution in [0.1, 0.15) is 123 Å². The Kier molecular flexibility index (Phi) is 19.0. The molecule has 25 heavy (non-hydrogen) atoms. The zero-order valence-electron chi connectivity index (χ0n) is 16.8. The molecule has 0 bridgehead atoms. The van der Waals surface area contributed by atoms with E-state index in [0.717, 1.165) is 12.8 Å². The number of hydrogen-bond acceptors (Lipinski definition) is 3. The molecule has 0 aliphatic heterocycles. The molecule has 0 aliphatic rings. The molecule has 0 aliphatic carbocycles. The van der Waals surface area contributed by atoms with E-state index in [1.54, 1.807) is 6.92 Å². The minimum absolute atomic E-state index is 0.0176. The Balaban J connectivity index is 3.23. The first-order valence-electron chi connectivity index (χ1n) is 10.7. The van der Waals surface area contributed by atoms with E-state index >= 15 is 0 Å². The summed E-state index contributed by atoms with van der Waals surface area (Å²) in [4.78, 5) is 0. The van der Waals surface area contributed by atoms with Crippen LogP contribution in [0.5, 0.6) is 0 Å². The van der Waals surface area contributed by atoms with Gasteiger partial charge < -0.3 is 10.4 Å². The van der Waals surface area contributed by atoms with E-state index in [-0.39, 0.29) is 5.97 Å². The summed E-state index contributed by atoms with van der Waals surface area (Å²) >= 11 is 0. The highest BCUT2D eigenvalue weighted by molar-refractivity contribution is 5.69. The molecule has 0 saturated carbocycles. The molecule has 4 heteroatoms. The molecule has 1 N–H and O–H groups in total. The molecule has 0 aromatic heterocycles. The number of esters is 1. The van der Waals surface area contributed by atoms with Gasteiger partial charge in [-0.2, -0.15) is 0 Å². The van der Waals surface area contributed by atoms with E-state index < -0.39 is 6.29 Å². The van der Waals surface area contributed by atoms with Crippen LogP contribution in [0.25, 0.3) is 0 Å². The van der Waals surface area contributed by atoms with Gasteiger partial charge in [0.25, 0.3) is 6.29 Å². The molecule has 0 fully saturated rings. The SMILES string of the molecule is CCCCCCCCCCCCCCCCCC(OC(O)CC)=[O+][O-]. The van der Waals surface area contributed by atoms with E-state index in [0.29, 0.717) is 12.8 Å². The molecule has 4 nitrogen and oxygen atoms in total. The molecule has 1 atom stereocenters. The van der Waals surface area contributed by atoms with Crippen LogP contribution in [0.15, 0.2) is 0 Å². The summed E-state index contributed by atoms with van der Waals surface area (Å²) in [6.07, 6.45) is 19.7. The third kappa shape index (κ3) is 17.8. The van der Waals surface area contributed by atoms with E-state index in [1.165, 1.54) is 83.5 Å². The third-order valence-corrected chi connectivity index (χ3v) is 4.69. The maximum Gasteiger partial charge on any atom is 0.499 e. The van der Waals surface area contributed by atoms with Crippen molar-refractivity contribution >= 4 is 5.97 Å². The van der Waals surface area contributed by atoms with Crippen LogP contribution >= 0.6 is 0 Å². The van der Waals surface area contributed by atoms with E-state index in [2.05, 4.69) is 11.5 Å². The van der Waals surface area contributed by atoms with Crippen molar-refractivity contribution < 1.29 is 19.7 Å². The molecule has 0 saturated heterocycles. The van der Waals surface area contributed by atoms with Crippen LogP contribution in [0.4, 0.5) is 0 Å². The number of ether oxygens (including phenoxy) is 1. The van der Waals surface area contributed by atoms with Crippen LogP contribution in [-0.4, -0.2) is 17.4 Å². The van der Waals surface area contributed by atoms with Crippen molar-refractivity contribution in [1.82, 2.24) is 0 Å². The molecular formula is C21H42O4. The zero-order valence-corrected chi connectivity index (χ0v) is 16.8. The average Bonchev–Trinajstić information content (AvgIpc) is 2.63. The van der Waals surface area contributed by atoms with Gasteiger partial charge in [0.1, 0.15) is 6.42 Å². The van der Waals surface area contributed by atoms with Gasteiger partial charge in [-0.25, -0.2) is 0 Å². The van der Waals surface area contributed by atoms with Gasteiger partial charge in [-0.15, -0.1) is 0 Å². The molecule has 0 amide bonds. The first-order chi connectivity index (χ1) is 12.2. The number of hydrogen-bond donors (Lipinski definition) is 1. The van der Waals surface area contributed by atoms with Crippen LogP contribution in [0.3, 0.4) is 0 Å². The largest absolute Gasteiger partial charge is 0.588 e. The fraction of sp³-hybridized carbons (Fsp3) is 0.952. The highest BCUT2D eigenvalue weighted by Crippen LogP contribution is 2.14. The number of carbonyl (C=O) groups excluding carboxylic acids is 1. The molecule has 0 radical (unpaired) electrons. The molecule has 150 valence electrons. The van der Waals surface area contributed by atoms with Gasteiger partial charge in [0.15, 0.2) is 0 Å². The smallest absolute Gasteiger partial charge is 0.499 e. The lowest BCUT2D eigenvalue weighted by Crippen LogP contribution is -2.21. The maximum atomic E-state index is 10.5. The zero-order chi connectivity index (χ0) is 18.6. The van der Waals surface area contributed by atoms with Crippen molar-refractivity contribution in [3.8, 4) is 0 Å². The first kappa shape index (κ1) is 24.2. The lowest BCUT2D eigenvalue weighted by atomic mass is 10.0. The summed E-state index contributed by atoms with van der Waals surface area (Å²) in [5, 5.41) is 19.8. The minimum Gasteiger partial charge on any atom is -0.588 e. The summed E-state index contributed by atoms with van der Waals surface area (Å²) < 4.78 is 8.93. The molecular weight excluding hydrogens is 316 g/mol. The number of rotatable bonds is 18. The third-order valence-electron chi connectivity index (χ3n) is 4.69. The van der Waals surface area contributed by atoms with Gasteiger partial charge in [-0.1, -0.05) is 104 Å². The lowest BCUT2D eigenvalue weighted by molar-refractivity contribution is -1.05. The summed E-state index contributed by atoms with van der Waals surface area (Å²) in [5.41, 5.74) is 0. The Labute approximate surface area is 155 Å². The summed E-state index contributed by atoms with van der Waals surface area (Å²) in [7, 11) is 0. The highest BCUT2D eigenvalue weighted by atomic mass is 17.1. The van der Waals surface area contributed by atoms with Crippen LogP contribution in [0.2, 0.25) is 0 Å². The molecule has 0 heterocycles. The summed E-state index contributed by atoms with van der Waals surface area (Å²) in [5.74, 6) is 0.0176. The van der Waals surface area contributed by atoms with Gasteiger partial charge in [0.05, 0.1) is 0 Å². The van der Waals surface area contributed by atoms with Crippen molar-refractivity contribution in [2.24, 2.45) is 0 Å². The van der Waals surface area contributed by atoms with Gasteiger partial charge in [0, 0.05) is 6.42 Å². The Morgan fingerprint density at radius 3 is 1.52 bits per heavy atom. The molecule has 0 spiro atoms. The number of aliphatic hydroxyl groups excluding tert-OH is 1. The van der Waals surface area contributed by atoms with Gasteiger partial charge in [0.2, 0.25) is 0 Å². The van der Waals surface area contributed by atoms with Crippen LogP contribution in [0, 0.1) is 0 Å². The predicted molar refractivity (Wildman–Crippen MR) is 102 cm³/mol. The van der Waals surface area contributed by atoms with Crippen molar-refractivity contribution in [1.29, 1.82) is 0 Å². The van der Waals surface area contributed by atoms with Gasteiger partial charge in [-0.05, 0) is 6.42 Å². The summed E-state index contributed by atoms with van der Waals surface area (Å²) in [6, 6.07) is 0. The normalized spacial score (nSPS) is 13.2. The van der Waals surface area contributed by atoms with E-state index in [4.69, 9.17) is 4.74 Å². The van der Waals surface area contributed by atoms with Crippen molar-refractivity contribution in [2.75, 3.05) is 0 Å². The Morgan fingerprint density at radius 2 is 1.16 bits per heavy atom. The van der Waals surface area contributed by atoms with E-state index in [9.17, 15) is 10.4 Å². The first-order valence-corrected chi connectivity index (χ1v) is 10.7. The van der Waals surface area contributed by atoms with Crippen molar-refractivity contribution in [3.05, 3.63) is 0 Å². The predicted octanol–water partition coefficient (Wildman–Crippen LogP) is 5.33. The fourth-order valence-electron chi connectivity index (χ4n) is 3.00. The Hall–Kier alpha value is -0.770.